The number of carbonyl (C=O) groups is 2. The van der Waals surface area contributed by atoms with Gasteiger partial charge in [-0.25, -0.2) is 0 Å². The van der Waals surface area contributed by atoms with Crippen molar-refractivity contribution < 1.29 is 49.3 Å². The number of nitrogens with one attached hydrogen (secondary N) is 1. The average Bonchev–Trinajstić information content (AvgIpc) is 3.42. The number of esters is 1. The highest BCUT2D eigenvalue weighted by atomic mass is 16.7. The van der Waals surface area contributed by atoms with E-state index < -0.39 is 67.4 Å². The number of hydrogen-bond donors (Lipinski definition) is 6. The third-order valence-corrected chi connectivity index (χ3v) is 14.0. The molecule has 6 N–H and O–H groups in total. The molecule has 76 heavy (non-hydrogen) atoms. The van der Waals surface area contributed by atoms with Crippen LogP contribution in [0.5, 0.6) is 0 Å². The van der Waals surface area contributed by atoms with Crippen molar-refractivity contribution in [3.63, 3.8) is 0 Å². The summed E-state index contributed by atoms with van der Waals surface area (Å²) in [6.45, 7) is 5.64. The molecule has 1 rings (SSSR count). The molecule has 11 heteroatoms. The summed E-state index contributed by atoms with van der Waals surface area (Å²) >= 11 is 0. The van der Waals surface area contributed by atoms with Crippen LogP contribution in [0.15, 0.2) is 85.1 Å². The van der Waals surface area contributed by atoms with Crippen LogP contribution in [-0.4, -0.2) is 99.6 Å². The minimum Gasteiger partial charge on any atom is -0.454 e. The van der Waals surface area contributed by atoms with Gasteiger partial charge in [0.25, 0.3) is 0 Å². The van der Waals surface area contributed by atoms with Gasteiger partial charge in [0.1, 0.15) is 24.4 Å². The fraction of sp³-hybridized carbons (Fsp3) is 0.754. The second-order valence-corrected chi connectivity index (χ2v) is 21.0. The van der Waals surface area contributed by atoms with Crippen molar-refractivity contribution in [2.24, 2.45) is 0 Å². The molecule has 1 aliphatic rings. The topological polar surface area (TPSA) is 175 Å². The number of allylic oxidation sites excluding steroid dienone is 13. The van der Waals surface area contributed by atoms with Crippen LogP contribution in [0.25, 0.3) is 0 Å². The predicted molar refractivity (Wildman–Crippen MR) is 315 cm³/mol. The SMILES string of the molecule is CC/C=C\C/C=C\C/C=C\C/C=C\C/C=C\CCCCCCC(O)C(=O)NC(COC1OC(CO)C(O)C(O)C1OC(=O)CCCCCCCCC/C=C\CCCCCC)C(O)/C=C/CCCCCCCCCCCC. The Labute approximate surface area is 463 Å². The highest BCUT2D eigenvalue weighted by Gasteiger charge is 2.47. The number of aliphatic hydroxyl groups excluding tert-OH is 5. The summed E-state index contributed by atoms with van der Waals surface area (Å²) in [6.07, 6.45) is 57.6. The van der Waals surface area contributed by atoms with E-state index in [0.29, 0.717) is 12.8 Å². The molecule has 1 heterocycles. The van der Waals surface area contributed by atoms with E-state index in [-0.39, 0.29) is 19.4 Å². The van der Waals surface area contributed by atoms with E-state index in [1.165, 1.54) is 96.3 Å². The molecular weight excluding hydrogens is 955 g/mol. The Morgan fingerprint density at radius 3 is 1.45 bits per heavy atom. The summed E-state index contributed by atoms with van der Waals surface area (Å²) in [7, 11) is 0. The van der Waals surface area contributed by atoms with Gasteiger partial charge in [-0.1, -0.05) is 234 Å². The van der Waals surface area contributed by atoms with Gasteiger partial charge in [0, 0.05) is 6.42 Å². The molecule has 1 fully saturated rings. The molecule has 0 radical (unpaired) electrons. The number of hydrogen-bond acceptors (Lipinski definition) is 10. The van der Waals surface area contributed by atoms with E-state index in [9.17, 15) is 35.1 Å². The number of amides is 1. The maximum atomic E-state index is 13.4. The summed E-state index contributed by atoms with van der Waals surface area (Å²) in [4.78, 5) is 26.5. The van der Waals surface area contributed by atoms with Gasteiger partial charge in [-0.3, -0.25) is 9.59 Å². The standard InChI is InChI=1S/C65H113NO10/c1-4-7-10-13-16-19-22-25-27-28-29-30-31-33-34-37-40-43-46-49-52-58(69)64(73)66-56(57(68)51-48-45-42-39-36-24-21-18-15-12-9-6-3)55-74-65-63(62(72)61(71)59(54-67)75-65)76-60(70)53-50-47-44-41-38-35-32-26-23-20-17-14-11-8-5-2/h7,10,16,19-20,23,25,27,29-30,33-34,48,51,56-59,61-63,65,67-69,71-72H,4-6,8-9,11-15,17-18,21-22,24,26,28,31-32,35-47,49-50,52-55H2,1-3H3,(H,66,73)/b10-7-,19-16-,23-20-,27-25-,30-29-,34-33-,51-48+. The zero-order chi connectivity index (χ0) is 55.4. The van der Waals surface area contributed by atoms with Gasteiger partial charge in [-0.2, -0.15) is 0 Å². The molecule has 0 aromatic carbocycles. The molecule has 0 saturated carbocycles. The molecule has 1 amide bonds. The van der Waals surface area contributed by atoms with Gasteiger partial charge >= 0.3 is 5.97 Å². The summed E-state index contributed by atoms with van der Waals surface area (Å²) in [5.41, 5.74) is 0. The van der Waals surface area contributed by atoms with Crippen LogP contribution in [-0.2, 0) is 23.8 Å². The minimum absolute atomic E-state index is 0.113. The van der Waals surface area contributed by atoms with Crippen molar-refractivity contribution in [3.8, 4) is 0 Å². The van der Waals surface area contributed by atoms with Crippen molar-refractivity contribution >= 4 is 11.9 Å². The summed E-state index contributed by atoms with van der Waals surface area (Å²) in [5.74, 6) is -1.22. The van der Waals surface area contributed by atoms with Crippen molar-refractivity contribution in [1.82, 2.24) is 5.32 Å². The van der Waals surface area contributed by atoms with E-state index in [4.69, 9.17) is 14.2 Å². The Balaban J connectivity index is 2.71. The summed E-state index contributed by atoms with van der Waals surface area (Å²) < 4.78 is 17.6. The number of rotatable bonds is 51. The Morgan fingerprint density at radius 1 is 0.526 bits per heavy atom. The van der Waals surface area contributed by atoms with Gasteiger partial charge in [0.05, 0.1) is 25.4 Å². The summed E-state index contributed by atoms with van der Waals surface area (Å²) in [5, 5.41) is 56.9. The third kappa shape index (κ3) is 40.1. The maximum Gasteiger partial charge on any atom is 0.306 e. The molecule has 438 valence electrons. The highest BCUT2D eigenvalue weighted by Crippen LogP contribution is 2.26. The number of carbonyl (C=O) groups excluding carboxylic acids is 2. The second-order valence-electron chi connectivity index (χ2n) is 21.0. The Hall–Kier alpha value is -3.16. The molecular formula is C65H113NO10. The van der Waals surface area contributed by atoms with Crippen molar-refractivity contribution in [1.29, 1.82) is 0 Å². The third-order valence-electron chi connectivity index (χ3n) is 14.0. The predicted octanol–water partition coefficient (Wildman–Crippen LogP) is 14.6. The monoisotopic (exact) mass is 1070 g/mol. The first-order valence-electron chi connectivity index (χ1n) is 30.9. The molecule has 8 unspecified atom stereocenters. The van der Waals surface area contributed by atoms with Crippen LogP contribution in [0.4, 0.5) is 0 Å². The maximum absolute atomic E-state index is 13.4. The fourth-order valence-electron chi connectivity index (χ4n) is 9.14. The van der Waals surface area contributed by atoms with Gasteiger partial charge in [-0.05, 0) is 96.3 Å². The van der Waals surface area contributed by atoms with Gasteiger partial charge in [0.15, 0.2) is 12.4 Å². The molecule has 0 aromatic rings. The van der Waals surface area contributed by atoms with Crippen molar-refractivity contribution in [2.45, 2.75) is 301 Å². The Bertz CT molecular complexity index is 1560. The van der Waals surface area contributed by atoms with Crippen LogP contribution in [0.3, 0.4) is 0 Å². The van der Waals surface area contributed by atoms with Crippen molar-refractivity contribution in [3.05, 3.63) is 85.1 Å². The van der Waals surface area contributed by atoms with E-state index >= 15 is 0 Å². The lowest BCUT2D eigenvalue weighted by molar-refractivity contribution is -0.305. The molecule has 0 aromatic heterocycles. The lowest BCUT2D eigenvalue weighted by Crippen LogP contribution is -2.61. The number of aliphatic hydroxyl groups is 5. The molecule has 0 aliphatic carbocycles. The van der Waals surface area contributed by atoms with E-state index in [1.54, 1.807) is 6.08 Å². The van der Waals surface area contributed by atoms with Crippen molar-refractivity contribution in [2.75, 3.05) is 13.2 Å². The average molecular weight is 1070 g/mol. The first-order chi connectivity index (χ1) is 37.2. The number of ether oxygens (including phenoxy) is 3. The van der Waals surface area contributed by atoms with Crippen LogP contribution in [0.2, 0.25) is 0 Å². The lowest BCUT2D eigenvalue weighted by atomic mass is 9.99. The van der Waals surface area contributed by atoms with Gasteiger partial charge in [0.2, 0.25) is 5.91 Å². The zero-order valence-corrected chi connectivity index (χ0v) is 48.3. The minimum atomic E-state index is -1.62. The Kier molecular flexibility index (Phi) is 49.0. The van der Waals surface area contributed by atoms with Crippen LogP contribution >= 0.6 is 0 Å². The van der Waals surface area contributed by atoms with E-state index in [1.807, 2.05) is 6.08 Å². The first kappa shape index (κ1) is 70.9. The molecule has 0 spiro atoms. The van der Waals surface area contributed by atoms with Gasteiger partial charge in [-0.15, -0.1) is 0 Å². The van der Waals surface area contributed by atoms with E-state index in [2.05, 4.69) is 99.0 Å². The zero-order valence-electron chi connectivity index (χ0n) is 48.3. The van der Waals surface area contributed by atoms with Crippen LogP contribution in [0, 0.1) is 0 Å². The largest absolute Gasteiger partial charge is 0.454 e. The first-order valence-corrected chi connectivity index (χ1v) is 30.9. The van der Waals surface area contributed by atoms with Crippen LogP contribution in [0.1, 0.15) is 252 Å². The fourth-order valence-corrected chi connectivity index (χ4v) is 9.14. The Morgan fingerprint density at radius 2 is 0.947 bits per heavy atom. The second kappa shape index (κ2) is 52.5. The summed E-state index contributed by atoms with van der Waals surface area (Å²) in [6, 6.07) is -1.04. The highest BCUT2D eigenvalue weighted by molar-refractivity contribution is 5.80. The smallest absolute Gasteiger partial charge is 0.306 e. The molecule has 0 bridgehead atoms. The van der Waals surface area contributed by atoms with Crippen LogP contribution < -0.4 is 5.32 Å². The number of unbranched alkanes of at least 4 members (excludes halogenated alkanes) is 25. The van der Waals surface area contributed by atoms with E-state index in [0.717, 1.165) is 109 Å². The molecule has 1 aliphatic heterocycles. The molecule has 11 nitrogen and oxygen atoms in total. The molecule has 8 atom stereocenters. The quantitative estimate of drug-likeness (QED) is 0.0195. The normalized spacial score (nSPS) is 19.7. The molecule has 1 saturated heterocycles. The lowest BCUT2D eigenvalue weighted by Gasteiger charge is -2.41. The van der Waals surface area contributed by atoms with Gasteiger partial charge < -0.3 is 45.1 Å².